The third-order valence-electron chi connectivity index (χ3n) is 5.27. The topological polar surface area (TPSA) is 117 Å². The molecule has 1 saturated carbocycles. The van der Waals surface area contributed by atoms with Gasteiger partial charge in [0.05, 0.1) is 17.8 Å². The monoisotopic (exact) mass is 404 g/mol. The van der Waals surface area contributed by atoms with Gasteiger partial charge in [-0.25, -0.2) is 9.97 Å². The molecule has 0 spiro atoms. The van der Waals surface area contributed by atoms with E-state index in [0.717, 1.165) is 42.5 Å². The number of aromatic nitrogens is 4. The Kier molecular flexibility index (Phi) is 5.31. The van der Waals surface area contributed by atoms with Crippen LogP contribution in [0.1, 0.15) is 58.1 Å². The standard InChI is InChI=1S/C22H28N8/c1-22(2,3)29-20-25-13-18-19(28-20)30(17-9-7-15(24)8-10-17)21(27-18)26-16-6-4-5-14(11-16)12-23/h4-6,11,13,15,17H,7-10,24H2,1-3H3,(H,26,27)(H,25,28,29). The maximum atomic E-state index is 9.21. The van der Waals surface area contributed by atoms with Gasteiger partial charge < -0.3 is 16.4 Å². The van der Waals surface area contributed by atoms with Crippen LogP contribution < -0.4 is 16.4 Å². The minimum atomic E-state index is -0.144. The highest BCUT2D eigenvalue weighted by Crippen LogP contribution is 2.34. The van der Waals surface area contributed by atoms with E-state index >= 15 is 0 Å². The predicted octanol–water partition coefficient (Wildman–Crippen LogP) is 4.09. The number of anilines is 3. The van der Waals surface area contributed by atoms with Gasteiger partial charge in [0.2, 0.25) is 11.9 Å². The summed E-state index contributed by atoms with van der Waals surface area (Å²) >= 11 is 0. The van der Waals surface area contributed by atoms with E-state index in [2.05, 4.69) is 47.0 Å². The lowest BCUT2D eigenvalue weighted by atomic mass is 9.91. The Morgan fingerprint density at radius 2 is 1.93 bits per heavy atom. The first-order valence-corrected chi connectivity index (χ1v) is 10.4. The third-order valence-corrected chi connectivity index (χ3v) is 5.27. The fraction of sp³-hybridized carbons (Fsp3) is 0.455. The fourth-order valence-corrected chi connectivity index (χ4v) is 3.88. The second kappa shape index (κ2) is 7.92. The Labute approximate surface area is 176 Å². The molecule has 1 aromatic carbocycles. The van der Waals surface area contributed by atoms with E-state index in [9.17, 15) is 5.26 Å². The van der Waals surface area contributed by atoms with Crippen LogP contribution in [0, 0.1) is 11.3 Å². The molecule has 0 unspecified atom stereocenters. The molecule has 8 nitrogen and oxygen atoms in total. The smallest absolute Gasteiger partial charge is 0.225 e. The van der Waals surface area contributed by atoms with E-state index < -0.39 is 0 Å². The summed E-state index contributed by atoms with van der Waals surface area (Å²) in [5.74, 6) is 1.30. The first-order chi connectivity index (χ1) is 14.3. The fourth-order valence-electron chi connectivity index (χ4n) is 3.88. The highest BCUT2D eigenvalue weighted by Gasteiger charge is 2.26. The second-order valence-electron chi connectivity index (χ2n) is 8.97. The minimum absolute atomic E-state index is 0.144. The second-order valence-corrected chi connectivity index (χ2v) is 8.97. The van der Waals surface area contributed by atoms with Crippen molar-refractivity contribution in [1.29, 1.82) is 5.26 Å². The molecule has 1 aliphatic rings. The highest BCUT2D eigenvalue weighted by molar-refractivity contribution is 5.76. The van der Waals surface area contributed by atoms with Crippen LogP contribution in [0.3, 0.4) is 0 Å². The van der Waals surface area contributed by atoms with E-state index in [0.29, 0.717) is 17.5 Å². The molecule has 0 atom stereocenters. The number of fused-ring (bicyclic) bond motifs is 1. The number of rotatable bonds is 4. The summed E-state index contributed by atoms with van der Waals surface area (Å²) in [6.45, 7) is 6.24. The number of benzene rings is 1. The molecule has 0 amide bonds. The molecule has 0 bridgehead atoms. The molecule has 1 fully saturated rings. The van der Waals surface area contributed by atoms with Crippen LogP contribution >= 0.6 is 0 Å². The number of nitrogens with one attached hydrogen (secondary N) is 2. The zero-order valence-corrected chi connectivity index (χ0v) is 17.7. The van der Waals surface area contributed by atoms with Gasteiger partial charge in [0.1, 0.15) is 5.52 Å². The summed E-state index contributed by atoms with van der Waals surface area (Å²) < 4.78 is 2.18. The molecule has 2 aromatic heterocycles. The Balaban J connectivity index is 1.77. The van der Waals surface area contributed by atoms with Gasteiger partial charge >= 0.3 is 0 Å². The number of imidazole rings is 1. The predicted molar refractivity (Wildman–Crippen MR) is 119 cm³/mol. The van der Waals surface area contributed by atoms with Crippen molar-refractivity contribution in [2.75, 3.05) is 10.6 Å². The van der Waals surface area contributed by atoms with E-state index in [-0.39, 0.29) is 17.6 Å². The Morgan fingerprint density at radius 1 is 1.17 bits per heavy atom. The van der Waals surface area contributed by atoms with Crippen LogP contribution in [-0.4, -0.2) is 31.1 Å². The first kappa shape index (κ1) is 20.1. The van der Waals surface area contributed by atoms with Crippen LogP contribution in [-0.2, 0) is 0 Å². The Hall–Kier alpha value is -3.18. The molecule has 2 heterocycles. The molecule has 30 heavy (non-hydrogen) atoms. The van der Waals surface area contributed by atoms with Gasteiger partial charge in [-0.2, -0.15) is 10.2 Å². The van der Waals surface area contributed by atoms with E-state index in [1.54, 1.807) is 12.3 Å². The van der Waals surface area contributed by atoms with Crippen molar-refractivity contribution in [3.8, 4) is 6.07 Å². The molecule has 1 aliphatic carbocycles. The van der Waals surface area contributed by atoms with Crippen molar-refractivity contribution < 1.29 is 0 Å². The number of hydrogen-bond donors (Lipinski definition) is 3. The maximum Gasteiger partial charge on any atom is 0.225 e. The van der Waals surface area contributed by atoms with Crippen molar-refractivity contribution in [2.45, 2.75) is 64.1 Å². The summed E-state index contributed by atoms with van der Waals surface area (Å²) in [6.07, 6.45) is 5.67. The van der Waals surface area contributed by atoms with Crippen LogP contribution in [0.15, 0.2) is 30.5 Å². The van der Waals surface area contributed by atoms with E-state index in [1.165, 1.54) is 0 Å². The van der Waals surface area contributed by atoms with Crippen molar-refractivity contribution in [1.82, 2.24) is 19.5 Å². The number of nitriles is 1. The molecule has 4 rings (SSSR count). The summed E-state index contributed by atoms with van der Waals surface area (Å²) in [5.41, 5.74) is 8.96. The zero-order chi connectivity index (χ0) is 21.3. The minimum Gasteiger partial charge on any atom is -0.350 e. The normalized spacial score (nSPS) is 19.4. The van der Waals surface area contributed by atoms with Crippen LogP contribution in [0.5, 0.6) is 0 Å². The SMILES string of the molecule is CC(C)(C)Nc1ncc2nc(Nc3cccc(C#N)c3)n(C3CCC(N)CC3)c2n1. The highest BCUT2D eigenvalue weighted by atomic mass is 15.3. The van der Waals surface area contributed by atoms with Gasteiger partial charge in [0, 0.05) is 23.3 Å². The average molecular weight is 405 g/mol. The van der Waals surface area contributed by atoms with Gasteiger partial charge in [0.15, 0.2) is 5.65 Å². The lowest BCUT2D eigenvalue weighted by Gasteiger charge is -2.28. The van der Waals surface area contributed by atoms with Crippen molar-refractivity contribution in [3.63, 3.8) is 0 Å². The third kappa shape index (κ3) is 4.36. The van der Waals surface area contributed by atoms with Gasteiger partial charge in [0.25, 0.3) is 0 Å². The molecule has 4 N–H and O–H groups in total. The molecule has 8 heteroatoms. The van der Waals surface area contributed by atoms with E-state index in [1.807, 2.05) is 18.2 Å². The van der Waals surface area contributed by atoms with Crippen molar-refractivity contribution in [2.24, 2.45) is 5.73 Å². The zero-order valence-electron chi connectivity index (χ0n) is 17.7. The lowest BCUT2D eigenvalue weighted by Crippen LogP contribution is -2.29. The molecule has 0 aliphatic heterocycles. The first-order valence-electron chi connectivity index (χ1n) is 10.4. The van der Waals surface area contributed by atoms with Gasteiger partial charge in [-0.1, -0.05) is 6.07 Å². The Morgan fingerprint density at radius 3 is 2.63 bits per heavy atom. The lowest BCUT2D eigenvalue weighted by molar-refractivity contribution is 0.330. The maximum absolute atomic E-state index is 9.21. The van der Waals surface area contributed by atoms with Crippen molar-refractivity contribution in [3.05, 3.63) is 36.0 Å². The molecule has 0 saturated heterocycles. The molecule has 0 radical (unpaired) electrons. The van der Waals surface area contributed by atoms with Crippen molar-refractivity contribution >= 4 is 28.7 Å². The van der Waals surface area contributed by atoms with Crippen LogP contribution in [0.4, 0.5) is 17.6 Å². The molecule has 156 valence electrons. The molecular formula is C22H28N8. The number of nitrogens with two attached hydrogens (primary N) is 1. The summed E-state index contributed by atoms with van der Waals surface area (Å²) in [4.78, 5) is 14.0. The number of hydrogen-bond acceptors (Lipinski definition) is 7. The van der Waals surface area contributed by atoms with E-state index in [4.69, 9.17) is 15.7 Å². The Bertz CT molecular complexity index is 1080. The molecule has 3 aromatic rings. The molecular weight excluding hydrogens is 376 g/mol. The summed E-state index contributed by atoms with van der Waals surface area (Å²) in [5, 5.41) is 16.0. The van der Waals surface area contributed by atoms with Gasteiger partial charge in [-0.05, 0) is 64.7 Å². The van der Waals surface area contributed by atoms with Crippen LogP contribution in [0.2, 0.25) is 0 Å². The quantitative estimate of drug-likeness (QED) is 0.599. The largest absolute Gasteiger partial charge is 0.350 e. The van der Waals surface area contributed by atoms with Crippen LogP contribution in [0.25, 0.3) is 11.2 Å². The van der Waals surface area contributed by atoms with Gasteiger partial charge in [-0.3, -0.25) is 4.57 Å². The average Bonchev–Trinajstić information content (AvgIpc) is 3.04. The van der Waals surface area contributed by atoms with Gasteiger partial charge in [-0.15, -0.1) is 0 Å². The summed E-state index contributed by atoms with van der Waals surface area (Å²) in [7, 11) is 0. The summed E-state index contributed by atoms with van der Waals surface area (Å²) in [6, 6.07) is 10.1. The number of nitrogens with zero attached hydrogens (tertiary/aromatic N) is 5.